The number of ether oxygens (including phenoxy) is 2. The number of hydrogen-bond donors (Lipinski definition) is 1. The summed E-state index contributed by atoms with van der Waals surface area (Å²) in [5, 5.41) is 14.0. The summed E-state index contributed by atoms with van der Waals surface area (Å²) in [4.78, 5) is 33.9. The smallest absolute Gasteiger partial charge is 0.416 e. The first-order valence-electron chi connectivity index (χ1n) is 8.94. The van der Waals surface area contributed by atoms with E-state index in [4.69, 9.17) is 13.9 Å². The van der Waals surface area contributed by atoms with Crippen molar-refractivity contribution in [3.8, 4) is 5.75 Å². The number of anilines is 1. The first-order valence-corrected chi connectivity index (χ1v) is 8.94. The second-order valence-electron chi connectivity index (χ2n) is 6.45. The molecule has 168 valence electrons. The molecule has 0 spiro atoms. The third kappa shape index (κ3) is 5.14. The number of carbonyl (C=O) groups is 1. The number of benzene rings is 2. The van der Waals surface area contributed by atoms with Crippen LogP contribution in [0.3, 0.4) is 0 Å². The molecule has 0 unspecified atom stereocenters. The van der Waals surface area contributed by atoms with Crippen molar-refractivity contribution in [1.82, 2.24) is 0 Å². The summed E-state index contributed by atoms with van der Waals surface area (Å²) in [6.07, 6.45) is -4.75. The first kappa shape index (κ1) is 22.6. The van der Waals surface area contributed by atoms with Gasteiger partial charge in [0.15, 0.2) is 0 Å². The van der Waals surface area contributed by atoms with Crippen LogP contribution in [0.25, 0.3) is 11.0 Å². The number of alkyl halides is 3. The Hall–Kier alpha value is -4.09. The van der Waals surface area contributed by atoms with Gasteiger partial charge in [-0.2, -0.15) is 13.2 Å². The van der Waals surface area contributed by atoms with E-state index in [1.165, 1.54) is 13.2 Å². The number of nitro groups is 1. The summed E-state index contributed by atoms with van der Waals surface area (Å²) < 4.78 is 53.5. The van der Waals surface area contributed by atoms with Crippen molar-refractivity contribution < 1.29 is 36.8 Å². The molecule has 3 aromatic rings. The van der Waals surface area contributed by atoms with Crippen LogP contribution >= 0.6 is 0 Å². The Labute approximate surface area is 177 Å². The van der Waals surface area contributed by atoms with E-state index in [0.717, 1.165) is 12.1 Å². The highest BCUT2D eigenvalue weighted by Crippen LogP contribution is 2.34. The van der Waals surface area contributed by atoms with Crippen LogP contribution in [0.15, 0.2) is 51.7 Å². The molecular weight excluding hydrogens is 437 g/mol. The molecule has 2 aromatic carbocycles. The number of fused-ring (bicyclic) bond motifs is 1. The maximum Gasteiger partial charge on any atom is 0.416 e. The van der Waals surface area contributed by atoms with Gasteiger partial charge in [0.1, 0.15) is 30.2 Å². The van der Waals surface area contributed by atoms with Crippen molar-refractivity contribution in [2.75, 3.05) is 19.0 Å². The Morgan fingerprint density at radius 2 is 1.94 bits per heavy atom. The summed E-state index contributed by atoms with van der Waals surface area (Å²) in [6.45, 7) is -0.858. The number of rotatable bonds is 7. The van der Waals surface area contributed by atoms with Crippen molar-refractivity contribution >= 4 is 28.3 Å². The summed E-state index contributed by atoms with van der Waals surface area (Å²) in [5.41, 5.74) is -2.40. The van der Waals surface area contributed by atoms with E-state index >= 15 is 0 Å². The fraction of sp³-hybridized carbons (Fsp3) is 0.200. The zero-order valence-electron chi connectivity index (χ0n) is 16.4. The van der Waals surface area contributed by atoms with E-state index in [9.17, 15) is 32.9 Å². The van der Waals surface area contributed by atoms with Crippen LogP contribution < -0.4 is 15.7 Å². The van der Waals surface area contributed by atoms with Gasteiger partial charge >= 0.3 is 17.8 Å². The van der Waals surface area contributed by atoms with Gasteiger partial charge in [0.25, 0.3) is 5.69 Å². The lowest BCUT2D eigenvalue weighted by Crippen LogP contribution is -2.18. The minimum Gasteiger partial charge on any atom is -0.497 e. The lowest BCUT2D eigenvalue weighted by atomic mass is 10.1. The van der Waals surface area contributed by atoms with Gasteiger partial charge in [-0.05, 0) is 24.3 Å². The molecule has 0 fully saturated rings. The topological polar surface area (TPSA) is 121 Å². The SMILES string of the molecule is COc1ccc2c(COC(=O)CNc3ccc(C(F)(F)F)cc3[N+](=O)[O-])cc(=O)oc2c1. The first-order chi connectivity index (χ1) is 15.1. The lowest BCUT2D eigenvalue weighted by molar-refractivity contribution is -0.384. The van der Waals surface area contributed by atoms with Crippen LogP contribution in [0, 0.1) is 10.1 Å². The number of nitrogens with one attached hydrogen (secondary N) is 1. The Bertz CT molecular complexity index is 1240. The highest BCUT2D eigenvalue weighted by molar-refractivity contribution is 5.82. The highest BCUT2D eigenvalue weighted by atomic mass is 19.4. The third-order valence-corrected chi connectivity index (χ3v) is 4.37. The normalized spacial score (nSPS) is 11.2. The average molecular weight is 452 g/mol. The molecule has 9 nitrogen and oxygen atoms in total. The number of esters is 1. The van der Waals surface area contributed by atoms with Gasteiger partial charge in [0.05, 0.1) is 17.6 Å². The summed E-state index contributed by atoms with van der Waals surface area (Å²) in [6, 6.07) is 7.77. The zero-order chi connectivity index (χ0) is 23.5. The van der Waals surface area contributed by atoms with Crippen LogP contribution in [0.1, 0.15) is 11.1 Å². The molecular formula is C20H15F3N2O7. The molecule has 1 N–H and O–H groups in total. The molecule has 0 amide bonds. The molecule has 0 aliphatic carbocycles. The molecule has 1 aromatic heterocycles. The third-order valence-electron chi connectivity index (χ3n) is 4.37. The fourth-order valence-corrected chi connectivity index (χ4v) is 2.84. The molecule has 12 heteroatoms. The molecule has 0 atom stereocenters. The Kier molecular flexibility index (Phi) is 6.32. The van der Waals surface area contributed by atoms with Crippen molar-refractivity contribution in [3.05, 3.63) is 74.1 Å². The van der Waals surface area contributed by atoms with Crippen molar-refractivity contribution in [3.63, 3.8) is 0 Å². The van der Waals surface area contributed by atoms with Crippen molar-refractivity contribution in [2.45, 2.75) is 12.8 Å². The quantitative estimate of drug-likeness (QED) is 0.248. The van der Waals surface area contributed by atoms with Crippen molar-refractivity contribution in [1.29, 1.82) is 0 Å². The maximum absolute atomic E-state index is 12.8. The van der Waals surface area contributed by atoms with Gasteiger partial charge in [0.2, 0.25) is 0 Å². The molecule has 0 saturated carbocycles. The van der Waals surface area contributed by atoms with Crippen LogP contribution in [-0.4, -0.2) is 24.5 Å². The number of nitrogens with zero attached hydrogens (tertiary/aromatic N) is 1. The van der Waals surface area contributed by atoms with Gasteiger partial charge in [0, 0.05) is 29.1 Å². The van der Waals surface area contributed by atoms with Crippen LogP contribution in [-0.2, 0) is 22.3 Å². The number of carbonyl (C=O) groups excluding carboxylic acids is 1. The van der Waals surface area contributed by atoms with E-state index in [1.54, 1.807) is 12.1 Å². The monoisotopic (exact) mass is 452 g/mol. The van der Waals surface area contributed by atoms with E-state index in [-0.39, 0.29) is 17.9 Å². The molecule has 3 rings (SSSR count). The Morgan fingerprint density at radius 3 is 2.59 bits per heavy atom. The summed E-state index contributed by atoms with van der Waals surface area (Å²) in [5.74, 6) is -0.397. The molecule has 0 bridgehead atoms. The second kappa shape index (κ2) is 8.96. The van der Waals surface area contributed by atoms with Gasteiger partial charge in [-0.15, -0.1) is 0 Å². The Balaban J connectivity index is 1.70. The van der Waals surface area contributed by atoms with Crippen LogP contribution in [0.4, 0.5) is 24.5 Å². The van der Waals surface area contributed by atoms with E-state index < -0.39 is 40.5 Å². The van der Waals surface area contributed by atoms with Gasteiger partial charge < -0.3 is 19.2 Å². The number of hydrogen-bond acceptors (Lipinski definition) is 8. The van der Waals surface area contributed by atoms with Crippen LogP contribution in [0.5, 0.6) is 5.75 Å². The minimum absolute atomic E-state index is 0.224. The molecule has 0 aliphatic rings. The predicted octanol–water partition coefficient (Wildman–Crippen LogP) is 3.88. The lowest BCUT2D eigenvalue weighted by Gasteiger charge is -2.11. The highest BCUT2D eigenvalue weighted by Gasteiger charge is 2.33. The Morgan fingerprint density at radius 1 is 1.19 bits per heavy atom. The number of methoxy groups -OCH3 is 1. The molecule has 32 heavy (non-hydrogen) atoms. The fourth-order valence-electron chi connectivity index (χ4n) is 2.84. The molecule has 0 radical (unpaired) electrons. The minimum atomic E-state index is -4.75. The van der Waals surface area contributed by atoms with E-state index in [1.807, 2.05) is 0 Å². The van der Waals surface area contributed by atoms with Gasteiger partial charge in [-0.25, -0.2) is 4.79 Å². The molecule has 0 saturated heterocycles. The predicted molar refractivity (Wildman–Crippen MR) is 105 cm³/mol. The molecule has 1 heterocycles. The summed E-state index contributed by atoms with van der Waals surface area (Å²) in [7, 11) is 1.44. The second-order valence-corrected chi connectivity index (χ2v) is 6.45. The standard InChI is InChI=1S/C20H15F3N2O7/c1-30-13-3-4-14-11(6-18(26)32-17(14)8-13)10-31-19(27)9-24-15-5-2-12(20(21,22)23)7-16(15)25(28)29/h2-8,24H,9-10H2,1H3. The largest absolute Gasteiger partial charge is 0.497 e. The average Bonchev–Trinajstić information content (AvgIpc) is 2.74. The van der Waals surface area contributed by atoms with E-state index in [2.05, 4.69) is 5.32 Å². The van der Waals surface area contributed by atoms with Crippen molar-refractivity contribution in [2.24, 2.45) is 0 Å². The van der Waals surface area contributed by atoms with Crippen LogP contribution in [0.2, 0.25) is 0 Å². The number of nitro benzene ring substituents is 1. The van der Waals surface area contributed by atoms with Gasteiger partial charge in [-0.3, -0.25) is 14.9 Å². The van der Waals surface area contributed by atoms with E-state index in [0.29, 0.717) is 28.8 Å². The molecule has 0 aliphatic heterocycles. The maximum atomic E-state index is 12.8. The zero-order valence-corrected chi connectivity index (χ0v) is 16.4. The van der Waals surface area contributed by atoms with Gasteiger partial charge in [-0.1, -0.05) is 0 Å². The summed E-state index contributed by atoms with van der Waals surface area (Å²) >= 11 is 0. The number of halogens is 3.